The zero-order valence-corrected chi connectivity index (χ0v) is 18.7. The van der Waals surface area contributed by atoms with Crippen LogP contribution in [0, 0.1) is 13.8 Å². The second kappa shape index (κ2) is 9.49. The second-order valence-electron chi connectivity index (χ2n) is 7.58. The molecule has 0 spiro atoms. The number of rotatable bonds is 6. The summed E-state index contributed by atoms with van der Waals surface area (Å²) in [7, 11) is -2.19. The summed E-state index contributed by atoms with van der Waals surface area (Å²) in [6.07, 6.45) is 1.31. The number of methoxy groups -OCH3 is 1. The van der Waals surface area contributed by atoms with Gasteiger partial charge in [0.2, 0.25) is 10.0 Å². The van der Waals surface area contributed by atoms with Gasteiger partial charge in [0.1, 0.15) is 5.75 Å². The Morgan fingerprint density at radius 3 is 2.65 bits per heavy atom. The van der Waals surface area contributed by atoms with Gasteiger partial charge in [0.15, 0.2) is 0 Å². The Hall–Kier alpha value is -2.91. The van der Waals surface area contributed by atoms with Gasteiger partial charge in [-0.2, -0.15) is 4.31 Å². The molecular weight excluding hydrogens is 418 g/mol. The summed E-state index contributed by atoms with van der Waals surface area (Å²) in [4.78, 5) is 24.7. The fourth-order valence-electron chi connectivity index (χ4n) is 3.62. The summed E-state index contributed by atoms with van der Waals surface area (Å²) in [5, 5.41) is 5.07. The summed E-state index contributed by atoms with van der Waals surface area (Å²) in [5.74, 6) is -1.09. The fourth-order valence-corrected chi connectivity index (χ4v) is 5.62. The van der Waals surface area contributed by atoms with E-state index in [1.165, 1.54) is 11.4 Å². The van der Waals surface area contributed by atoms with Gasteiger partial charge in [0.05, 0.1) is 12.0 Å². The number of anilines is 1. The standard InChI is InChI=1S/C22H27N3O5S/c1-15-9-10-16(2)20(12-15)31(28,29)25-11-5-7-18(25)14-23-21(26)22(27)24-17-6-4-8-19(13-17)30-3/h4,6,8-10,12-13,18H,5,7,11,14H2,1-3H3,(H,23,26)(H,24,27)/t18-/m1/s1. The third-order valence-electron chi connectivity index (χ3n) is 5.29. The molecule has 8 nitrogen and oxygen atoms in total. The number of nitrogens with one attached hydrogen (secondary N) is 2. The smallest absolute Gasteiger partial charge is 0.313 e. The Labute approximate surface area is 182 Å². The summed E-state index contributed by atoms with van der Waals surface area (Å²) >= 11 is 0. The molecule has 2 aromatic rings. The number of aryl methyl sites for hydroxylation is 2. The van der Waals surface area contributed by atoms with E-state index in [1.54, 1.807) is 43.3 Å². The summed E-state index contributed by atoms with van der Waals surface area (Å²) in [6, 6.07) is 11.6. The van der Waals surface area contributed by atoms with Crippen molar-refractivity contribution in [2.75, 3.05) is 25.5 Å². The monoisotopic (exact) mass is 445 g/mol. The molecule has 166 valence electrons. The van der Waals surface area contributed by atoms with Gasteiger partial charge in [-0.15, -0.1) is 0 Å². The highest BCUT2D eigenvalue weighted by molar-refractivity contribution is 7.89. The SMILES string of the molecule is COc1cccc(NC(=O)C(=O)NC[C@H]2CCCN2S(=O)(=O)c2cc(C)ccc2C)c1. The van der Waals surface area contributed by atoms with Crippen molar-refractivity contribution in [2.45, 2.75) is 37.6 Å². The highest BCUT2D eigenvalue weighted by Crippen LogP contribution is 2.28. The van der Waals surface area contributed by atoms with E-state index in [2.05, 4.69) is 10.6 Å². The van der Waals surface area contributed by atoms with Crippen LogP contribution in [0.4, 0.5) is 5.69 Å². The van der Waals surface area contributed by atoms with Crippen molar-refractivity contribution in [3.8, 4) is 5.75 Å². The molecule has 31 heavy (non-hydrogen) atoms. The Morgan fingerprint density at radius 2 is 1.90 bits per heavy atom. The number of nitrogens with zero attached hydrogens (tertiary/aromatic N) is 1. The van der Waals surface area contributed by atoms with Gasteiger partial charge in [-0.1, -0.05) is 18.2 Å². The van der Waals surface area contributed by atoms with Crippen molar-refractivity contribution >= 4 is 27.5 Å². The molecule has 1 aliphatic rings. The number of hydrogen-bond acceptors (Lipinski definition) is 5. The number of amides is 2. The summed E-state index contributed by atoms with van der Waals surface area (Å²) in [5.41, 5.74) is 1.97. The Morgan fingerprint density at radius 1 is 1.13 bits per heavy atom. The molecule has 1 saturated heterocycles. The lowest BCUT2D eigenvalue weighted by atomic mass is 10.2. The lowest BCUT2D eigenvalue weighted by Crippen LogP contribution is -2.45. The molecule has 2 amide bonds. The van der Waals surface area contributed by atoms with Crippen LogP contribution in [-0.2, 0) is 19.6 Å². The molecule has 1 atom stereocenters. The van der Waals surface area contributed by atoms with Crippen LogP contribution in [0.25, 0.3) is 0 Å². The van der Waals surface area contributed by atoms with Crippen LogP contribution in [0.5, 0.6) is 5.75 Å². The molecule has 2 aromatic carbocycles. The van der Waals surface area contributed by atoms with Crippen LogP contribution in [0.1, 0.15) is 24.0 Å². The van der Waals surface area contributed by atoms with Crippen molar-refractivity contribution in [2.24, 2.45) is 0 Å². The number of sulfonamides is 1. The minimum atomic E-state index is -3.70. The van der Waals surface area contributed by atoms with Crippen LogP contribution in [0.15, 0.2) is 47.4 Å². The van der Waals surface area contributed by atoms with E-state index in [-0.39, 0.29) is 11.4 Å². The van der Waals surface area contributed by atoms with E-state index in [0.717, 1.165) is 5.56 Å². The van der Waals surface area contributed by atoms with Crippen LogP contribution < -0.4 is 15.4 Å². The molecule has 0 aromatic heterocycles. The maximum absolute atomic E-state index is 13.2. The van der Waals surface area contributed by atoms with Crippen LogP contribution in [0.2, 0.25) is 0 Å². The first-order valence-electron chi connectivity index (χ1n) is 10.0. The third kappa shape index (κ3) is 5.23. The van der Waals surface area contributed by atoms with Crippen molar-refractivity contribution < 1.29 is 22.7 Å². The molecule has 0 unspecified atom stereocenters. The van der Waals surface area contributed by atoms with Crippen molar-refractivity contribution in [3.05, 3.63) is 53.6 Å². The van der Waals surface area contributed by atoms with Gasteiger partial charge in [-0.25, -0.2) is 8.42 Å². The molecule has 1 fully saturated rings. The molecule has 9 heteroatoms. The first-order chi connectivity index (χ1) is 14.7. The summed E-state index contributed by atoms with van der Waals surface area (Å²) in [6.45, 7) is 4.06. The van der Waals surface area contributed by atoms with E-state index >= 15 is 0 Å². The van der Waals surface area contributed by atoms with Crippen molar-refractivity contribution in [3.63, 3.8) is 0 Å². The van der Waals surface area contributed by atoms with Gasteiger partial charge in [0, 0.05) is 30.9 Å². The van der Waals surface area contributed by atoms with Crippen molar-refractivity contribution in [1.82, 2.24) is 9.62 Å². The highest BCUT2D eigenvalue weighted by atomic mass is 32.2. The van der Waals surface area contributed by atoms with E-state index in [1.807, 2.05) is 13.0 Å². The number of benzene rings is 2. The first kappa shape index (κ1) is 22.8. The average Bonchev–Trinajstić information content (AvgIpc) is 3.23. The van der Waals surface area contributed by atoms with Gasteiger partial charge < -0.3 is 15.4 Å². The van der Waals surface area contributed by atoms with Gasteiger partial charge in [-0.05, 0) is 56.0 Å². The Kier molecular flexibility index (Phi) is 6.97. The number of carbonyl (C=O) groups is 2. The number of ether oxygens (including phenoxy) is 1. The van der Waals surface area contributed by atoms with Gasteiger partial charge >= 0.3 is 11.8 Å². The van der Waals surface area contributed by atoms with Crippen molar-refractivity contribution in [1.29, 1.82) is 0 Å². The lowest BCUT2D eigenvalue weighted by molar-refractivity contribution is -0.136. The average molecular weight is 446 g/mol. The number of hydrogen-bond donors (Lipinski definition) is 2. The fraction of sp³-hybridized carbons (Fsp3) is 0.364. The molecule has 0 aliphatic carbocycles. The minimum Gasteiger partial charge on any atom is -0.497 e. The zero-order chi connectivity index (χ0) is 22.6. The van der Waals surface area contributed by atoms with Crippen LogP contribution in [-0.4, -0.2) is 50.8 Å². The lowest BCUT2D eigenvalue weighted by Gasteiger charge is -2.25. The topological polar surface area (TPSA) is 105 Å². The van der Waals surface area contributed by atoms with Gasteiger partial charge in [-0.3, -0.25) is 9.59 Å². The van der Waals surface area contributed by atoms with E-state index < -0.39 is 27.9 Å². The van der Waals surface area contributed by atoms with E-state index in [4.69, 9.17) is 4.74 Å². The molecule has 0 bridgehead atoms. The molecule has 2 N–H and O–H groups in total. The van der Waals surface area contributed by atoms with Gasteiger partial charge in [0.25, 0.3) is 0 Å². The molecule has 1 aliphatic heterocycles. The quantitative estimate of drug-likeness (QED) is 0.664. The van der Waals surface area contributed by atoms with Crippen LogP contribution >= 0.6 is 0 Å². The van der Waals surface area contributed by atoms with Crippen LogP contribution in [0.3, 0.4) is 0 Å². The highest BCUT2D eigenvalue weighted by Gasteiger charge is 2.36. The largest absolute Gasteiger partial charge is 0.497 e. The van der Waals surface area contributed by atoms with E-state index in [0.29, 0.717) is 36.4 Å². The Balaban J connectivity index is 1.64. The third-order valence-corrected chi connectivity index (χ3v) is 7.38. The molecular formula is C22H27N3O5S. The number of carbonyl (C=O) groups excluding carboxylic acids is 2. The molecule has 3 rings (SSSR count). The maximum Gasteiger partial charge on any atom is 0.313 e. The van der Waals surface area contributed by atoms with E-state index in [9.17, 15) is 18.0 Å². The molecule has 0 saturated carbocycles. The first-order valence-corrected chi connectivity index (χ1v) is 11.5. The predicted octanol–water partition coefficient (Wildman–Crippen LogP) is 2.22. The Bertz CT molecular complexity index is 1080. The zero-order valence-electron chi connectivity index (χ0n) is 17.8. The minimum absolute atomic E-state index is 0.0639. The maximum atomic E-state index is 13.2. The normalized spacial score (nSPS) is 16.7. The molecule has 0 radical (unpaired) electrons. The molecule has 1 heterocycles. The second-order valence-corrected chi connectivity index (χ2v) is 9.44. The summed E-state index contributed by atoms with van der Waals surface area (Å²) < 4.78 is 33.0. The predicted molar refractivity (Wildman–Crippen MR) is 117 cm³/mol.